The van der Waals surface area contributed by atoms with Gasteiger partial charge < -0.3 is 4.55 Å². The molecule has 0 radical (unpaired) electrons. The fourth-order valence-electron chi connectivity index (χ4n) is 1.95. The summed E-state index contributed by atoms with van der Waals surface area (Å²) in [5, 5.41) is 0.886. The number of benzene rings is 1. The lowest BCUT2D eigenvalue weighted by atomic mass is 10.1. The molecule has 1 aromatic carbocycles. The first-order valence-electron chi connectivity index (χ1n) is 5.16. The van der Waals surface area contributed by atoms with Gasteiger partial charge in [-0.3, -0.25) is 9.97 Å². The molecule has 0 amide bonds. The minimum atomic E-state index is -4.54. The van der Waals surface area contributed by atoms with Gasteiger partial charge in [0.15, 0.2) is 0 Å². The molecule has 6 heteroatoms. The second-order valence-electron chi connectivity index (χ2n) is 3.80. The highest BCUT2D eigenvalue weighted by Crippen LogP contribution is 2.28. The fraction of sp³-hybridized carbons (Fsp3) is 0. The van der Waals surface area contributed by atoms with E-state index in [1.807, 2.05) is 0 Å². The molecule has 0 fully saturated rings. The van der Waals surface area contributed by atoms with E-state index in [-0.39, 0.29) is 4.90 Å². The van der Waals surface area contributed by atoms with Crippen molar-refractivity contribution < 1.29 is 13.0 Å². The molecular formula is C12H7N2O3S-. The molecule has 0 aliphatic rings. The molecule has 18 heavy (non-hydrogen) atoms. The van der Waals surface area contributed by atoms with Crippen LogP contribution < -0.4 is 0 Å². The first kappa shape index (κ1) is 11.1. The van der Waals surface area contributed by atoms with Crippen LogP contribution in [-0.2, 0) is 10.1 Å². The minimum absolute atomic E-state index is 0.258. The Morgan fingerprint density at radius 2 is 1.67 bits per heavy atom. The van der Waals surface area contributed by atoms with Crippen LogP contribution in [0.5, 0.6) is 0 Å². The maximum Gasteiger partial charge on any atom is 0.125 e. The third-order valence-electron chi connectivity index (χ3n) is 2.69. The number of rotatable bonds is 1. The van der Waals surface area contributed by atoms with Crippen LogP contribution in [0.3, 0.4) is 0 Å². The normalized spacial score (nSPS) is 12.1. The molecule has 2 heterocycles. The Hall–Kier alpha value is -2.05. The van der Waals surface area contributed by atoms with E-state index in [4.69, 9.17) is 0 Å². The monoisotopic (exact) mass is 259 g/mol. The van der Waals surface area contributed by atoms with Crippen LogP contribution in [-0.4, -0.2) is 22.9 Å². The Bertz CT molecular complexity index is 859. The van der Waals surface area contributed by atoms with Crippen molar-refractivity contribution in [1.82, 2.24) is 9.97 Å². The van der Waals surface area contributed by atoms with E-state index in [0.717, 1.165) is 0 Å². The van der Waals surface area contributed by atoms with Gasteiger partial charge in [-0.05, 0) is 24.3 Å². The topological polar surface area (TPSA) is 83.0 Å². The summed E-state index contributed by atoms with van der Waals surface area (Å²) in [6.45, 7) is 0. The molecule has 0 saturated heterocycles. The molecule has 0 aliphatic carbocycles. The summed E-state index contributed by atoms with van der Waals surface area (Å²) >= 11 is 0. The second-order valence-corrected chi connectivity index (χ2v) is 5.15. The molecule has 3 rings (SSSR count). The van der Waals surface area contributed by atoms with Gasteiger partial charge in [0.05, 0.1) is 15.9 Å². The van der Waals surface area contributed by atoms with Gasteiger partial charge in [-0.2, -0.15) is 0 Å². The number of hydrogen-bond donors (Lipinski definition) is 0. The Kier molecular flexibility index (Phi) is 2.29. The summed E-state index contributed by atoms with van der Waals surface area (Å²) in [6.07, 6.45) is 3.14. The van der Waals surface area contributed by atoms with Crippen molar-refractivity contribution in [3.8, 4) is 0 Å². The van der Waals surface area contributed by atoms with Crippen molar-refractivity contribution in [2.24, 2.45) is 0 Å². The number of fused-ring (bicyclic) bond motifs is 3. The maximum atomic E-state index is 11.3. The van der Waals surface area contributed by atoms with E-state index in [1.54, 1.807) is 30.5 Å². The molecule has 0 bridgehead atoms. The van der Waals surface area contributed by atoms with Crippen molar-refractivity contribution >= 4 is 31.9 Å². The summed E-state index contributed by atoms with van der Waals surface area (Å²) in [5.41, 5.74) is 1.01. The summed E-state index contributed by atoms with van der Waals surface area (Å²) < 4.78 is 33.9. The second kappa shape index (κ2) is 3.72. The van der Waals surface area contributed by atoms with Gasteiger partial charge in [0, 0.05) is 23.2 Å². The Labute approximate surface area is 103 Å². The average Bonchev–Trinajstić information content (AvgIpc) is 2.37. The van der Waals surface area contributed by atoms with Crippen molar-refractivity contribution in [2.45, 2.75) is 4.90 Å². The number of nitrogens with zero attached hydrogens (tertiary/aromatic N) is 2. The highest BCUT2D eigenvalue weighted by Gasteiger charge is 2.12. The maximum absolute atomic E-state index is 11.3. The van der Waals surface area contributed by atoms with E-state index in [0.29, 0.717) is 21.8 Å². The van der Waals surface area contributed by atoms with Crippen LogP contribution in [0, 0.1) is 0 Å². The first-order valence-corrected chi connectivity index (χ1v) is 6.56. The van der Waals surface area contributed by atoms with Crippen molar-refractivity contribution in [3.05, 3.63) is 42.7 Å². The molecule has 0 unspecified atom stereocenters. The third kappa shape index (κ3) is 1.62. The highest BCUT2D eigenvalue weighted by atomic mass is 32.2. The van der Waals surface area contributed by atoms with E-state index in [1.165, 1.54) is 12.3 Å². The number of pyridine rings is 2. The smallest absolute Gasteiger partial charge is 0.125 e. The van der Waals surface area contributed by atoms with Gasteiger partial charge in [-0.25, -0.2) is 8.42 Å². The van der Waals surface area contributed by atoms with Crippen LogP contribution in [0.4, 0.5) is 0 Å². The SMILES string of the molecule is O=S(=O)([O-])c1cc2cccnc2c2ncccc12. The van der Waals surface area contributed by atoms with Gasteiger partial charge in [0.2, 0.25) is 0 Å². The van der Waals surface area contributed by atoms with E-state index < -0.39 is 10.1 Å². The molecule has 90 valence electrons. The van der Waals surface area contributed by atoms with Gasteiger partial charge in [0.25, 0.3) is 0 Å². The van der Waals surface area contributed by atoms with Crippen molar-refractivity contribution in [2.75, 3.05) is 0 Å². The predicted octanol–water partition coefficient (Wildman–Crippen LogP) is 1.69. The first-order chi connectivity index (χ1) is 8.57. The van der Waals surface area contributed by atoms with Crippen LogP contribution >= 0.6 is 0 Å². The lowest BCUT2D eigenvalue weighted by Crippen LogP contribution is -2.01. The lowest BCUT2D eigenvalue weighted by molar-refractivity contribution is 0.464. The molecule has 0 N–H and O–H groups in total. The quantitative estimate of drug-likeness (QED) is 0.490. The predicted molar refractivity (Wildman–Crippen MR) is 65.0 cm³/mol. The van der Waals surface area contributed by atoms with Crippen molar-refractivity contribution in [1.29, 1.82) is 0 Å². The highest BCUT2D eigenvalue weighted by molar-refractivity contribution is 7.86. The van der Waals surface area contributed by atoms with Crippen molar-refractivity contribution in [3.63, 3.8) is 0 Å². The Morgan fingerprint density at radius 1 is 1.00 bits per heavy atom. The van der Waals surface area contributed by atoms with E-state index in [2.05, 4.69) is 9.97 Å². The lowest BCUT2D eigenvalue weighted by Gasteiger charge is -2.11. The Morgan fingerprint density at radius 3 is 2.39 bits per heavy atom. The molecule has 0 aliphatic heterocycles. The summed E-state index contributed by atoms with van der Waals surface area (Å²) in [4.78, 5) is 8.03. The van der Waals surface area contributed by atoms with Crippen LogP contribution in [0.1, 0.15) is 0 Å². The van der Waals surface area contributed by atoms with Gasteiger partial charge in [-0.1, -0.05) is 6.07 Å². The third-order valence-corrected chi connectivity index (χ3v) is 3.57. The molecule has 0 atom stereocenters. The average molecular weight is 259 g/mol. The zero-order valence-electron chi connectivity index (χ0n) is 9.07. The fourth-order valence-corrected chi connectivity index (χ4v) is 2.66. The zero-order chi connectivity index (χ0) is 12.8. The van der Waals surface area contributed by atoms with Gasteiger partial charge >= 0.3 is 0 Å². The molecule has 0 saturated carbocycles. The van der Waals surface area contributed by atoms with Gasteiger partial charge in [-0.15, -0.1) is 0 Å². The summed E-state index contributed by atoms with van der Waals surface area (Å²) in [5.74, 6) is 0. The Balaban J connectivity index is 2.63. The minimum Gasteiger partial charge on any atom is -0.744 e. The number of aromatic nitrogens is 2. The standard InChI is InChI=1S/C12H8N2O3S/c15-18(16,17)10-7-8-3-1-5-13-11(8)12-9(10)4-2-6-14-12/h1-7H,(H,15,16,17)/p-1. The van der Waals surface area contributed by atoms with Crippen LogP contribution in [0.2, 0.25) is 0 Å². The summed E-state index contributed by atoms with van der Waals surface area (Å²) in [7, 11) is -4.54. The zero-order valence-corrected chi connectivity index (χ0v) is 9.89. The van der Waals surface area contributed by atoms with Gasteiger partial charge in [0.1, 0.15) is 10.1 Å². The summed E-state index contributed by atoms with van der Waals surface area (Å²) in [6, 6.07) is 7.87. The molecule has 3 aromatic rings. The van der Waals surface area contributed by atoms with Crippen LogP contribution in [0.25, 0.3) is 21.8 Å². The van der Waals surface area contributed by atoms with E-state index >= 15 is 0 Å². The van der Waals surface area contributed by atoms with Crippen LogP contribution in [0.15, 0.2) is 47.6 Å². The molecule has 2 aromatic heterocycles. The largest absolute Gasteiger partial charge is 0.744 e. The molecule has 5 nitrogen and oxygen atoms in total. The van der Waals surface area contributed by atoms with E-state index in [9.17, 15) is 13.0 Å². The molecular weight excluding hydrogens is 252 g/mol. The molecule has 0 spiro atoms. The number of hydrogen-bond acceptors (Lipinski definition) is 5.